The lowest BCUT2D eigenvalue weighted by Crippen LogP contribution is -2.26. The van der Waals surface area contributed by atoms with Gasteiger partial charge in [0.05, 0.1) is 0 Å². The van der Waals surface area contributed by atoms with Gasteiger partial charge in [0.15, 0.2) is 0 Å². The van der Waals surface area contributed by atoms with E-state index in [0.717, 1.165) is 0 Å². The van der Waals surface area contributed by atoms with E-state index in [1.807, 2.05) is 0 Å². The fourth-order valence-electron chi connectivity index (χ4n) is 3.21. The van der Waals surface area contributed by atoms with E-state index in [2.05, 4.69) is 25.7 Å². The van der Waals surface area contributed by atoms with Crippen LogP contribution >= 0.6 is 0 Å². The first-order chi connectivity index (χ1) is 10.8. The number of hydrogen-bond donors (Lipinski definition) is 0. The summed E-state index contributed by atoms with van der Waals surface area (Å²) in [6.45, 7) is 10.9. The molecule has 0 atom stereocenters. The third-order valence-electron chi connectivity index (χ3n) is 4.70. The lowest BCUT2D eigenvalue weighted by Gasteiger charge is -2.21. The van der Waals surface area contributed by atoms with Crippen LogP contribution in [-0.4, -0.2) is 24.5 Å². The molecule has 0 bridgehead atoms. The predicted molar refractivity (Wildman–Crippen MR) is 103 cm³/mol. The van der Waals surface area contributed by atoms with E-state index in [-0.39, 0.29) is 0 Å². The van der Waals surface area contributed by atoms with Crippen LogP contribution in [0.25, 0.3) is 0 Å². The maximum Gasteiger partial charge on any atom is -0.00187 e. The maximum absolute atomic E-state index is 2.68. The molecule has 0 unspecified atom stereocenters. The Hall–Kier alpha value is -0.0400. The van der Waals surface area contributed by atoms with Crippen molar-refractivity contribution >= 4 is 0 Å². The molecule has 0 rings (SSSR count). The first-order valence-corrected chi connectivity index (χ1v) is 10.6. The smallest absolute Gasteiger partial charge is 0.00187 e. The van der Waals surface area contributed by atoms with Gasteiger partial charge in [-0.25, -0.2) is 0 Å². The van der Waals surface area contributed by atoms with Gasteiger partial charge >= 0.3 is 0 Å². The predicted octanol–water partition coefficient (Wildman–Crippen LogP) is 7.20. The van der Waals surface area contributed by atoms with E-state index in [1.54, 1.807) is 0 Å². The number of unbranched alkanes of at least 4 members (excludes halogenated alkanes) is 12. The Labute approximate surface area is 142 Å². The van der Waals surface area contributed by atoms with Gasteiger partial charge < -0.3 is 4.90 Å². The van der Waals surface area contributed by atoms with Crippen LogP contribution in [0, 0.1) is 0 Å². The molecule has 0 spiro atoms. The summed E-state index contributed by atoms with van der Waals surface area (Å²) in [6.07, 6.45) is 21.5. The van der Waals surface area contributed by atoms with Crippen molar-refractivity contribution in [1.82, 2.24) is 4.90 Å². The summed E-state index contributed by atoms with van der Waals surface area (Å²) < 4.78 is 0. The Balaban J connectivity index is 3.23. The minimum atomic E-state index is 1.30. The topological polar surface area (TPSA) is 3.24 Å². The van der Waals surface area contributed by atoms with Crippen molar-refractivity contribution in [3.8, 4) is 0 Å². The average molecular weight is 312 g/mol. The molecule has 22 heavy (non-hydrogen) atoms. The quantitative estimate of drug-likeness (QED) is 0.242. The van der Waals surface area contributed by atoms with Gasteiger partial charge in [0.2, 0.25) is 0 Å². The molecule has 0 saturated heterocycles. The van der Waals surface area contributed by atoms with Crippen LogP contribution in [0.1, 0.15) is 117 Å². The lowest BCUT2D eigenvalue weighted by molar-refractivity contribution is 0.263. The summed E-state index contributed by atoms with van der Waals surface area (Å²) >= 11 is 0. The first kappa shape index (κ1) is 22.0. The van der Waals surface area contributed by atoms with Gasteiger partial charge in [-0.2, -0.15) is 0 Å². The molecule has 0 saturated carbocycles. The highest BCUT2D eigenvalue weighted by Crippen LogP contribution is 2.12. The normalized spacial score (nSPS) is 11.5. The Morgan fingerprint density at radius 2 is 0.773 bits per heavy atom. The number of nitrogens with zero attached hydrogens (tertiary/aromatic N) is 1. The van der Waals surface area contributed by atoms with E-state index >= 15 is 0 Å². The van der Waals surface area contributed by atoms with E-state index < -0.39 is 0 Å². The van der Waals surface area contributed by atoms with E-state index in [9.17, 15) is 0 Å². The summed E-state index contributed by atoms with van der Waals surface area (Å²) in [5.41, 5.74) is 0. The van der Waals surface area contributed by atoms with Crippen molar-refractivity contribution in [2.75, 3.05) is 19.6 Å². The molecule has 0 radical (unpaired) electrons. The average Bonchev–Trinajstić information content (AvgIpc) is 2.53. The van der Waals surface area contributed by atoms with Crippen molar-refractivity contribution in [2.24, 2.45) is 0 Å². The highest BCUT2D eigenvalue weighted by molar-refractivity contribution is 4.57. The SMILES string of the molecule is CCCCCCCCCCCCCCN(CCC)CCCC. The molecule has 0 heterocycles. The molecule has 1 nitrogen and oxygen atoms in total. The number of rotatable bonds is 18. The molecular weight excluding hydrogens is 266 g/mol. The molecule has 1 heteroatoms. The van der Waals surface area contributed by atoms with Crippen LogP contribution in [0.4, 0.5) is 0 Å². The summed E-state index contributed by atoms with van der Waals surface area (Å²) in [5, 5.41) is 0. The molecule has 0 amide bonds. The molecule has 134 valence electrons. The van der Waals surface area contributed by atoms with Gasteiger partial charge in [-0.05, 0) is 38.9 Å². The van der Waals surface area contributed by atoms with Crippen LogP contribution in [0.3, 0.4) is 0 Å². The van der Waals surface area contributed by atoms with Crippen LogP contribution in [0.15, 0.2) is 0 Å². The highest BCUT2D eigenvalue weighted by Gasteiger charge is 2.02. The second kappa shape index (κ2) is 19.0. The molecule has 0 aromatic carbocycles. The molecule has 0 aliphatic heterocycles. The zero-order valence-electron chi connectivity index (χ0n) is 16.2. The Morgan fingerprint density at radius 3 is 1.23 bits per heavy atom. The first-order valence-electron chi connectivity index (χ1n) is 10.6. The third kappa shape index (κ3) is 16.3. The van der Waals surface area contributed by atoms with Gasteiger partial charge in [0.25, 0.3) is 0 Å². The van der Waals surface area contributed by atoms with Crippen LogP contribution in [0.5, 0.6) is 0 Å². The molecular formula is C21H45N. The maximum atomic E-state index is 2.68. The second-order valence-electron chi connectivity index (χ2n) is 7.08. The summed E-state index contributed by atoms with van der Waals surface area (Å²) in [7, 11) is 0. The highest BCUT2D eigenvalue weighted by atomic mass is 15.1. The largest absolute Gasteiger partial charge is 0.303 e. The minimum absolute atomic E-state index is 1.30. The summed E-state index contributed by atoms with van der Waals surface area (Å²) in [4.78, 5) is 2.68. The number of hydrogen-bond acceptors (Lipinski definition) is 1. The van der Waals surface area contributed by atoms with Crippen LogP contribution in [-0.2, 0) is 0 Å². The van der Waals surface area contributed by atoms with Crippen LogP contribution in [0.2, 0.25) is 0 Å². The van der Waals surface area contributed by atoms with Crippen molar-refractivity contribution in [1.29, 1.82) is 0 Å². The zero-order chi connectivity index (χ0) is 16.3. The standard InChI is InChI=1S/C21H45N/c1-4-7-9-10-11-12-13-14-15-16-17-18-21-22(19-6-3)20-8-5-2/h4-21H2,1-3H3. The van der Waals surface area contributed by atoms with Crippen LogP contribution < -0.4 is 0 Å². The fraction of sp³-hybridized carbons (Fsp3) is 1.00. The third-order valence-corrected chi connectivity index (χ3v) is 4.70. The van der Waals surface area contributed by atoms with Gasteiger partial charge in [-0.3, -0.25) is 0 Å². The molecule has 0 aliphatic carbocycles. The van der Waals surface area contributed by atoms with Crippen molar-refractivity contribution in [3.05, 3.63) is 0 Å². The Kier molecular flexibility index (Phi) is 19.0. The Morgan fingerprint density at radius 1 is 0.364 bits per heavy atom. The lowest BCUT2D eigenvalue weighted by atomic mass is 10.1. The molecule has 0 N–H and O–H groups in total. The fourth-order valence-corrected chi connectivity index (χ4v) is 3.21. The summed E-state index contributed by atoms with van der Waals surface area (Å²) in [6, 6.07) is 0. The molecule has 0 aromatic rings. The second-order valence-corrected chi connectivity index (χ2v) is 7.08. The van der Waals surface area contributed by atoms with Crippen molar-refractivity contribution in [3.63, 3.8) is 0 Å². The van der Waals surface area contributed by atoms with Gasteiger partial charge in [-0.15, -0.1) is 0 Å². The van der Waals surface area contributed by atoms with Crippen molar-refractivity contribution < 1.29 is 0 Å². The van der Waals surface area contributed by atoms with Crippen molar-refractivity contribution in [2.45, 2.75) is 117 Å². The van der Waals surface area contributed by atoms with E-state index in [1.165, 1.54) is 116 Å². The zero-order valence-corrected chi connectivity index (χ0v) is 16.2. The van der Waals surface area contributed by atoms with Gasteiger partial charge in [0.1, 0.15) is 0 Å². The van der Waals surface area contributed by atoms with E-state index in [4.69, 9.17) is 0 Å². The summed E-state index contributed by atoms with van der Waals surface area (Å²) in [5.74, 6) is 0. The molecule has 0 fully saturated rings. The minimum Gasteiger partial charge on any atom is -0.303 e. The Bertz CT molecular complexity index is 190. The van der Waals surface area contributed by atoms with E-state index in [0.29, 0.717) is 0 Å². The molecule has 0 aliphatic rings. The monoisotopic (exact) mass is 311 g/mol. The van der Waals surface area contributed by atoms with Gasteiger partial charge in [-0.1, -0.05) is 97.8 Å². The van der Waals surface area contributed by atoms with Gasteiger partial charge in [0, 0.05) is 0 Å². The molecule has 0 aromatic heterocycles.